The van der Waals surface area contributed by atoms with Gasteiger partial charge < -0.3 is 18.9 Å². The first-order valence-electron chi connectivity index (χ1n) is 14.1. The zero-order valence-electron chi connectivity index (χ0n) is 27.4. The van der Waals surface area contributed by atoms with Gasteiger partial charge in [-0.3, -0.25) is 9.59 Å². The van der Waals surface area contributed by atoms with Crippen LogP contribution in [0.25, 0.3) is 22.9 Å². The van der Waals surface area contributed by atoms with E-state index in [1.54, 1.807) is 42.3 Å². The van der Waals surface area contributed by atoms with E-state index in [0.717, 1.165) is 22.3 Å². The lowest BCUT2D eigenvalue weighted by Gasteiger charge is -2.14. The predicted molar refractivity (Wildman–Crippen MR) is 174 cm³/mol. The van der Waals surface area contributed by atoms with Gasteiger partial charge in [0.2, 0.25) is 0 Å². The van der Waals surface area contributed by atoms with Gasteiger partial charge in [-0.1, -0.05) is 0 Å². The Hall–Kier alpha value is -6.18. The highest BCUT2D eigenvalue weighted by molar-refractivity contribution is 6.29. The third-order valence-corrected chi connectivity index (χ3v) is 7.97. The Kier molecular flexibility index (Phi) is 9.70. The monoisotopic (exact) mass is 606 g/mol. The molecule has 2 aromatic rings. The summed E-state index contributed by atoms with van der Waals surface area (Å²) in [4.78, 5) is 26.5. The molecule has 2 aliphatic carbocycles. The molecule has 0 aliphatic heterocycles. The van der Waals surface area contributed by atoms with Crippen molar-refractivity contribution in [3.63, 3.8) is 0 Å². The van der Waals surface area contributed by atoms with E-state index in [-0.39, 0.29) is 11.1 Å². The molecule has 0 saturated carbocycles. The zero-order valence-corrected chi connectivity index (χ0v) is 27.4. The van der Waals surface area contributed by atoms with Crippen molar-refractivity contribution >= 4 is 34.5 Å². The van der Waals surface area contributed by atoms with Gasteiger partial charge in [-0.25, -0.2) is 0 Å². The van der Waals surface area contributed by atoms with Gasteiger partial charge in [-0.2, -0.15) is 0 Å². The van der Waals surface area contributed by atoms with E-state index in [0.29, 0.717) is 55.0 Å². The maximum Gasteiger partial charge on any atom is 0.198 e. The summed E-state index contributed by atoms with van der Waals surface area (Å²) in [5, 5.41) is 1.80. The fraction of sp³-hybridized carbons (Fsp3) is 0.250. The van der Waals surface area contributed by atoms with E-state index < -0.39 is 11.6 Å². The number of Topliss-reactive ketones (excluding diaryl/α,β-unsaturated/α-hetero) is 2. The number of hydrogen-bond donors (Lipinski definition) is 0. The highest BCUT2D eigenvalue weighted by Gasteiger charge is 2.30. The smallest absolute Gasteiger partial charge is 0.198 e. The Morgan fingerprint density at radius 2 is 0.587 bits per heavy atom. The number of rotatable bonds is 4. The topological polar surface area (TPSA) is 71.1 Å². The van der Waals surface area contributed by atoms with Gasteiger partial charge >= 0.3 is 0 Å². The molecule has 4 rings (SSSR count). The van der Waals surface area contributed by atoms with E-state index in [2.05, 4.69) is 68.8 Å². The Balaban J connectivity index is 2.61. The number of ether oxygens (including phenoxy) is 4. The molecule has 226 valence electrons. The number of carbonyl (C=O) groups excluding carboxylic acids is 2. The minimum Gasteiger partial charge on any atom is -0.495 e. The van der Waals surface area contributed by atoms with Gasteiger partial charge in [0.05, 0.1) is 60.5 Å². The maximum absolute atomic E-state index is 13.3. The second-order valence-corrected chi connectivity index (χ2v) is 10.3. The van der Waals surface area contributed by atoms with Gasteiger partial charge in [0.1, 0.15) is 23.0 Å². The molecular formula is C40H30O6. The van der Waals surface area contributed by atoms with E-state index >= 15 is 0 Å². The molecule has 2 aromatic carbocycles. The molecule has 0 bridgehead atoms. The number of allylic oxidation sites excluding steroid dienone is 4. The summed E-state index contributed by atoms with van der Waals surface area (Å²) in [5.41, 5.74) is 38.5. The summed E-state index contributed by atoms with van der Waals surface area (Å²) >= 11 is 0. The molecule has 0 fully saturated rings. The van der Waals surface area contributed by atoms with Gasteiger partial charge in [0, 0.05) is 11.1 Å². The average molecular weight is 607 g/mol. The molecule has 2 aliphatic rings. The number of benzene rings is 2. The molecule has 6 heteroatoms. The molecule has 0 radical (unpaired) electrons. The fourth-order valence-electron chi connectivity index (χ4n) is 5.13. The first-order valence-corrected chi connectivity index (χ1v) is 14.1. The minimum absolute atomic E-state index is 0.0422. The SMILES string of the molecule is COc1c(C)c(C)c(OC)c2c1=C=C=C=C=C1C(=O)C(C)=C(C)C(=O)C1=C=C=C=C=c1c(OC)c(C)c(C)c(OC)c1=C=C=C=C=2. The number of ketones is 2. The van der Waals surface area contributed by atoms with Crippen LogP contribution in [0.1, 0.15) is 36.1 Å². The van der Waals surface area contributed by atoms with Crippen molar-refractivity contribution in [2.24, 2.45) is 0 Å². The van der Waals surface area contributed by atoms with Crippen LogP contribution in [0.3, 0.4) is 0 Å². The lowest BCUT2D eigenvalue weighted by atomic mass is 9.84. The quantitative estimate of drug-likeness (QED) is 0.498. The van der Waals surface area contributed by atoms with Crippen molar-refractivity contribution in [2.45, 2.75) is 41.5 Å². The second kappa shape index (κ2) is 13.6. The Labute approximate surface area is 266 Å². The Bertz CT molecular complexity index is 2340. The molecule has 6 nitrogen and oxygen atoms in total. The standard InChI is InChI=1S/C40H30O6/c1-23-24(2)36(42)30-18-12-14-20-32-34(40(46-10)28(6)26(4)38(32)44-8)22-16-15-21-33-31(19-13-11-17-29(30)35(23)41)37(43-7)25(3)27(5)39(33)45-9/h1-10H3. The Morgan fingerprint density at radius 3 is 0.804 bits per heavy atom. The van der Waals surface area contributed by atoms with E-state index in [4.69, 9.17) is 18.9 Å². The minimum atomic E-state index is -0.395. The normalized spacial score (nSPS) is 12.9. The summed E-state index contributed by atoms with van der Waals surface area (Å²) < 4.78 is 23.0. The summed E-state index contributed by atoms with van der Waals surface area (Å²) in [7, 11) is 6.19. The molecule has 0 heterocycles. The van der Waals surface area contributed by atoms with E-state index in [9.17, 15) is 9.59 Å². The molecule has 46 heavy (non-hydrogen) atoms. The van der Waals surface area contributed by atoms with Crippen molar-refractivity contribution in [3.8, 4) is 23.0 Å². The van der Waals surface area contributed by atoms with Crippen molar-refractivity contribution in [3.05, 3.63) is 111 Å². The van der Waals surface area contributed by atoms with Crippen LogP contribution in [0.2, 0.25) is 0 Å². The molecule has 0 unspecified atom stereocenters. The van der Waals surface area contributed by atoms with Crippen LogP contribution in [0.15, 0.2) is 68.1 Å². The predicted octanol–water partition coefficient (Wildman–Crippen LogP) is 3.32. The van der Waals surface area contributed by atoms with Gasteiger partial charge in [0.25, 0.3) is 0 Å². The van der Waals surface area contributed by atoms with Crippen molar-refractivity contribution < 1.29 is 28.5 Å². The summed E-state index contributed by atoms with van der Waals surface area (Å²) in [6, 6.07) is 0. The number of carbonyl (C=O) groups is 2. The molecule has 0 atom stereocenters. The van der Waals surface area contributed by atoms with Gasteiger partial charge in [-0.15, -0.1) is 0 Å². The Morgan fingerprint density at radius 1 is 0.370 bits per heavy atom. The summed E-state index contributed by atoms with van der Waals surface area (Å²) in [6.45, 7) is 10.8. The lowest BCUT2D eigenvalue weighted by molar-refractivity contribution is -0.116. The lowest BCUT2D eigenvalue weighted by Crippen LogP contribution is -2.28. The van der Waals surface area contributed by atoms with Crippen molar-refractivity contribution in [2.75, 3.05) is 28.4 Å². The number of fused-ring (bicyclic) bond motifs is 3. The average Bonchev–Trinajstić information content (AvgIpc) is 3.05. The summed E-state index contributed by atoms with van der Waals surface area (Å²) in [6.07, 6.45) is 0. The van der Waals surface area contributed by atoms with E-state index in [1.807, 2.05) is 27.7 Å². The van der Waals surface area contributed by atoms with Crippen LogP contribution in [0.4, 0.5) is 0 Å². The third kappa shape index (κ3) is 5.70. The second-order valence-electron chi connectivity index (χ2n) is 10.3. The van der Waals surface area contributed by atoms with Crippen LogP contribution >= 0.6 is 0 Å². The number of methoxy groups -OCH3 is 4. The first kappa shape index (κ1) is 32.7. The number of hydrogen-bond acceptors (Lipinski definition) is 6. The molecule has 0 aromatic heterocycles. The molecule has 0 N–H and O–H groups in total. The molecule has 0 amide bonds. The van der Waals surface area contributed by atoms with Crippen LogP contribution < -0.4 is 39.8 Å². The molecule has 0 spiro atoms. The fourth-order valence-corrected chi connectivity index (χ4v) is 5.13. The van der Waals surface area contributed by atoms with Crippen molar-refractivity contribution in [1.29, 1.82) is 0 Å². The largest absolute Gasteiger partial charge is 0.495 e. The zero-order chi connectivity index (χ0) is 33.7. The third-order valence-electron chi connectivity index (χ3n) is 7.97. The van der Waals surface area contributed by atoms with Crippen LogP contribution in [-0.2, 0) is 9.59 Å². The van der Waals surface area contributed by atoms with Crippen molar-refractivity contribution in [1.82, 2.24) is 0 Å². The summed E-state index contributed by atoms with van der Waals surface area (Å²) in [5.74, 6) is 1.24. The van der Waals surface area contributed by atoms with Gasteiger partial charge in [-0.05, 0) is 133 Å². The molecular weight excluding hydrogens is 576 g/mol. The van der Waals surface area contributed by atoms with Crippen LogP contribution in [0.5, 0.6) is 23.0 Å². The highest BCUT2D eigenvalue weighted by atomic mass is 16.5. The van der Waals surface area contributed by atoms with Gasteiger partial charge in [0.15, 0.2) is 11.6 Å². The first-order chi connectivity index (χ1) is 22.0. The highest BCUT2D eigenvalue weighted by Crippen LogP contribution is 2.26. The maximum atomic E-state index is 13.3. The molecule has 0 saturated heterocycles. The van der Waals surface area contributed by atoms with E-state index in [1.165, 1.54) is 0 Å². The van der Waals surface area contributed by atoms with Crippen LogP contribution in [0, 0.1) is 27.7 Å². The van der Waals surface area contributed by atoms with Crippen LogP contribution in [-0.4, -0.2) is 40.0 Å².